The van der Waals surface area contributed by atoms with Gasteiger partial charge in [0, 0.05) is 45.4 Å². The summed E-state index contributed by atoms with van der Waals surface area (Å²) in [7, 11) is 0. The molecule has 1 amide bonds. The Morgan fingerprint density at radius 2 is 2.05 bits per heavy atom. The van der Waals surface area contributed by atoms with Crippen molar-refractivity contribution in [2.45, 2.75) is 31.9 Å². The molecule has 0 spiro atoms. The molecule has 2 aliphatic rings. The number of hydrogen-bond acceptors (Lipinski definition) is 6. The summed E-state index contributed by atoms with van der Waals surface area (Å²) in [5.41, 5.74) is 0.928. The Bertz CT molecular complexity index is 514. The molecule has 1 aromatic heterocycles. The summed E-state index contributed by atoms with van der Waals surface area (Å²) < 4.78 is 5.40. The number of β-amino-alcohol motifs (C(OH)–C–C–N with tert-alkyl or cyclic N) is 1. The molecule has 122 valence electrons. The van der Waals surface area contributed by atoms with Crippen molar-refractivity contribution >= 4 is 5.91 Å². The van der Waals surface area contributed by atoms with Gasteiger partial charge in [-0.25, -0.2) is 0 Å². The highest BCUT2D eigenvalue weighted by molar-refractivity contribution is 5.93. The molecule has 0 unspecified atom stereocenters. The molecule has 0 saturated carbocycles. The summed E-state index contributed by atoms with van der Waals surface area (Å²) in [6.07, 6.45) is 1.44. The Morgan fingerprint density at radius 3 is 2.73 bits per heavy atom. The second kappa shape index (κ2) is 6.72. The van der Waals surface area contributed by atoms with Crippen LogP contribution < -0.4 is 0 Å². The van der Waals surface area contributed by atoms with E-state index in [1.807, 2.05) is 0 Å². The van der Waals surface area contributed by atoms with E-state index < -0.39 is 6.10 Å². The van der Waals surface area contributed by atoms with Gasteiger partial charge in [0.25, 0.3) is 5.91 Å². The predicted molar refractivity (Wildman–Crippen MR) is 78.4 cm³/mol. The molecule has 8 heteroatoms. The van der Waals surface area contributed by atoms with Crippen LogP contribution in [0.4, 0.5) is 0 Å². The van der Waals surface area contributed by atoms with Gasteiger partial charge in [0.05, 0.1) is 11.8 Å². The second-order valence-electron chi connectivity index (χ2n) is 6.00. The first kappa shape index (κ1) is 15.4. The number of aliphatic hydroxyl groups excluding tert-OH is 1. The van der Waals surface area contributed by atoms with Crippen LogP contribution in [0.5, 0.6) is 0 Å². The first-order valence-electron chi connectivity index (χ1n) is 7.81. The summed E-state index contributed by atoms with van der Waals surface area (Å²) in [6, 6.07) is 0.437. The van der Waals surface area contributed by atoms with E-state index in [-0.39, 0.29) is 5.91 Å². The Morgan fingerprint density at radius 1 is 1.27 bits per heavy atom. The monoisotopic (exact) mass is 309 g/mol. The second-order valence-corrected chi connectivity index (χ2v) is 6.00. The molecule has 8 nitrogen and oxygen atoms in total. The first-order chi connectivity index (χ1) is 10.6. The van der Waals surface area contributed by atoms with E-state index in [4.69, 9.17) is 4.74 Å². The maximum atomic E-state index is 12.5. The van der Waals surface area contributed by atoms with E-state index in [0.29, 0.717) is 37.1 Å². The topological polar surface area (TPSA) is 94.6 Å². The van der Waals surface area contributed by atoms with Gasteiger partial charge >= 0.3 is 0 Å². The molecule has 3 rings (SSSR count). The molecular weight excluding hydrogens is 286 g/mol. The minimum atomic E-state index is -0.540. The quantitative estimate of drug-likeness (QED) is 0.758. The van der Waals surface area contributed by atoms with Gasteiger partial charge < -0.3 is 14.7 Å². The SMILES string of the molecule is Cc1n[nH]nc1C(=O)N1CCN(C2CCOCC2)C[C@H](O)C1. The lowest BCUT2D eigenvalue weighted by Gasteiger charge is -2.33. The molecule has 0 bridgehead atoms. The minimum absolute atomic E-state index is 0.167. The number of aliphatic hydroxyl groups is 1. The van der Waals surface area contributed by atoms with Gasteiger partial charge in [-0.2, -0.15) is 15.4 Å². The van der Waals surface area contributed by atoms with Gasteiger partial charge in [0.2, 0.25) is 0 Å². The molecule has 2 fully saturated rings. The fourth-order valence-corrected chi connectivity index (χ4v) is 3.22. The van der Waals surface area contributed by atoms with Gasteiger partial charge in [-0.15, -0.1) is 0 Å². The first-order valence-corrected chi connectivity index (χ1v) is 7.81. The highest BCUT2D eigenvalue weighted by atomic mass is 16.5. The van der Waals surface area contributed by atoms with Crippen molar-refractivity contribution in [3.8, 4) is 0 Å². The van der Waals surface area contributed by atoms with E-state index in [9.17, 15) is 9.90 Å². The van der Waals surface area contributed by atoms with Gasteiger partial charge in [-0.05, 0) is 19.8 Å². The summed E-state index contributed by atoms with van der Waals surface area (Å²) >= 11 is 0. The molecule has 0 aliphatic carbocycles. The van der Waals surface area contributed by atoms with Crippen molar-refractivity contribution in [2.24, 2.45) is 0 Å². The number of H-pyrrole nitrogens is 1. The van der Waals surface area contributed by atoms with Gasteiger partial charge in [0.15, 0.2) is 5.69 Å². The van der Waals surface area contributed by atoms with Crippen molar-refractivity contribution in [3.05, 3.63) is 11.4 Å². The third-order valence-corrected chi connectivity index (χ3v) is 4.45. The molecule has 22 heavy (non-hydrogen) atoms. The lowest BCUT2D eigenvalue weighted by Crippen LogP contribution is -2.43. The zero-order valence-corrected chi connectivity index (χ0v) is 12.9. The number of hydrogen-bond donors (Lipinski definition) is 2. The molecular formula is C14H23N5O3. The zero-order chi connectivity index (χ0) is 15.5. The van der Waals surface area contributed by atoms with Gasteiger partial charge in [-0.3, -0.25) is 9.69 Å². The number of amides is 1. The third kappa shape index (κ3) is 3.29. The van der Waals surface area contributed by atoms with E-state index in [0.717, 1.165) is 32.6 Å². The highest BCUT2D eigenvalue weighted by Crippen LogP contribution is 2.18. The summed E-state index contributed by atoms with van der Waals surface area (Å²) in [5.74, 6) is -0.167. The molecule has 1 atom stereocenters. The van der Waals surface area contributed by atoms with Crippen LogP contribution in [0.1, 0.15) is 29.0 Å². The number of carbonyl (C=O) groups excluding carboxylic acids is 1. The van der Waals surface area contributed by atoms with E-state index in [1.54, 1.807) is 11.8 Å². The van der Waals surface area contributed by atoms with E-state index in [2.05, 4.69) is 20.3 Å². The molecule has 0 radical (unpaired) electrons. The number of aryl methyl sites for hydroxylation is 1. The lowest BCUT2D eigenvalue weighted by atomic mass is 10.1. The smallest absolute Gasteiger partial charge is 0.276 e. The third-order valence-electron chi connectivity index (χ3n) is 4.45. The Labute approximate surface area is 129 Å². The number of nitrogens with one attached hydrogen (secondary N) is 1. The predicted octanol–water partition coefficient (Wildman–Crippen LogP) is -0.589. The van der Waals surface area contributed by atoms with E-state index >= 15 is 0 Å². The summed E-state index contributed by atoms with van der Waals surface area (Å²) in [4.78, 5) is 16.5. The number of ether oxygens (including phenoxy) is 1. The molecule has 2 aliphatic heterocycles. The molecule has 2 saturated heterocycles. The largest absolute Gasteiger partial charge is 0.390 e. The zero-order valence-electron chi connectivity index (χ0n) is 12.9. The molecule has 0 aromatic carbocycles. The summed E-state index contributed by atoms with van der Waals surface area (Å²) in [6.45, 7) is 5.61. The average molecular weight is 309 g/mol. The Hall–Kier alpha value is -1.51. The van der Waals surface area contributed by atoms with Crippen LogP contribution in [0.2, 0.25) is 0 Å². The molecule has 1 aromatic rings. The van der Waals surface area contributed by atoms with Gasteiger partial charge in [-0.1, -0.05) is 0 Å². The number of aromatic amines is 1. The van der Waals surface area contributed by atoms with E-state index in [1.165, 1.54) is 0 Å². The number of rotatable bonds is 2. The number of nitrogens with zero attached hydrogens (tertiary/aromatic N) is 4. The molecule has 3 heterocycles. The maximum Gasteiger partial charge on any atom is 0.276 e. The van der Waals surface area contributed by atoms with Crippen molar-refractivity contribution in [1.82, 2.24) is 25.2 Å². The van der Waals surface area contributed by atoms with Crippen LogP contribution in [0.25, 0.3) is 0 Å². The fourth-order valence-electron chi connectivity index (χ4n) is 3.22. The van der Waals surface area contributed by atoms with Crippen LogP contribution in [-0.2, 0) is 4.74 Å². The van der Waals surface area contributed by atoms with Crippen LogP contribution in [0, 0.1) is 6.92 Å². The van der Waals surface area contributed by atoms with Crippen LogP contribution in [-0.4, -0.2) is 87.8 Å². The lowest BCUT2D eigenvalue weighted by molar-refractivity contribution is 0.0217. The maximum absolute atomic E-state index is 12.5. The normalized spacial score (nSPS) is 25.2. The van der Waals surface area contributed by atoms with Crippen molar-refractivity contribution < 1.29 is 14.6 Å². The fraction of sp³-hybridized carbons (Fsp3) is 0.786. The highest BCUT2D eigenvalue weighted by Gasteiger charge is 2.30. The number of aromatic nitrogens is 3. The van der Waals surface area contributed by atoms with Crippen LogP contribution in [0.15, 0.2) is 0 Å². The Kier molecular flexibility index (Phi) is 4.70. The average Bonchev–Trinajstić information content (AvgIpc) is 2.85. The van der Waals surface area contributed by atoms with Crippen molar-refractivity contribution in [3.63, 3.8) is 0 Å². The standard InChI is InChI=1S/C14H23N5O3/c1-10-13(16-17-15-10)14(21)19-5-4-18(8-12(20)9-19)11-2-6-22-7-3-11/h11-12,20H,2-9H2,1H3,(H,15,16,17)/t12-/m0/s1. The van der Waals surface area contributed by atoms with Crippen LogP contribution >= 0.6 is 0 Å². The van der Waals surface area contributed by atoms with Crippen molar-refractivity contribution in [2.75, 3.05) is 39.4 Å². The number of carbonyl (C=O) groups is 1. The molecule has 2 N–H and O–H groups in total. The minimum Gasteiger partial charge on any atom is -0.390 e. The van der Waals surface area contributed by atoms with Gasteiger partial charge in [0.1, 0.15) is 0 Å². The summed E-state index contributed by atoms with van der Waals surface area (Å²) in [5, 5.41) is 20.5. The van der Waals surface area contributed by atoms with Crippen molar-refractivity contribution in [1.29, 1.82) is 0 Å². The Balaban J connectivity index is 1.66. The van der Waals surface area contributed by atoms with Crippen LogP contribution in [0.3, 0.4) is 0 Å².